The lowest BCUT2D eigenvalue weighted by Gasteiger charge is -2.13. The molecule has 0 radical (unpaired) electrons. The Morgan fingerprint density at radius 2 is 1.53 bits per heavy atom. The number of ether oxygens (including phenoxy) is 3. The van der Waals surface area contributed by atoms with Crippen molar-refractivity contribution >= 4 is 22.4 Å². The molecule has 0 aliphatic rings. The SMILES string of the molecule is COc1ccc2c(Oc3ccc(-c4ccc(Nc5ccccc5)nn4)cc3)ccnc2c1OC. The van der Waals surface area contributed by atoms with Gasteiger partial charge in [-0.15, -0.1) is 10.2 Å². The van der Waals surface area contributed by atoms with Crippen LogP contribution in [0.25, 0.3) is 22.2 Å². The number of nitrogens with zero attached hydrogens (tertiary/aromatic N) is 3. The summed E-state index contributed by atoms with van der Waals surface area (Å²) in [7, 11) is 3.20. The first kappa shape index (κ1) is 21.2. The summed E-state index contributed by atoms with van der Waals surface area (Å²) in [6, 6.07) is 27.0. The third kappa shape index (κ3) is 4.31. The standard InChI is InChI=1S/C27H22N4O3/c1-32-24-14-12-21-23(16-17-28-26(21)27(24)33-2)34-20-10-8-18(9-11-20)22-13-15-25(31-30-22)29-19-6-4-3-5-7-19/h3-17H,1-2H3,(H,29,31). The molecule has 0 atom stereocenters. The van der Waals surface area contributed by atoms with Gasteiger partial charge in [-0.25, -0.2) is 0 Å². The summed E-state index contributed by atoms with van der Waals surface area (Å²) in [5.74, 6) is 3.25. The molecule has 5 rings (SSSR count). The van der Waals surface area contributed by atoms with Crippen LogP contribution in [0.15, 0.2) is 91.1 Å². The lowest BCUT2D eigenvalue weighted by molar-refractivity contribution is 0.358. The van der Waals surface area contributed by atoms with Crippen molar-refractivity contribution in [2.45, 2.75) is 0 Å². The molecule has 0 fully saturated rings. The first-order valence-electron chi connectivity index (χ1n) is 10.7. The van der Waals surface area contributed by atoms with Crippen molar-refractivity contribution < 1.29 is 14.2 Å². The molecule has 0 spiro atoms. The number of rotatable bonds is 7. The lowest BCUT2D eigenvalue weighted by Crippen LogP contribution is -1.96. The molecular weight excluding hydrogens is 428 g/mol. The summed E-state index contributed by atoms with van der Waals surface area (Å²) in [5, 5.41) is 12.7. The third-order valence-corrected chi connectivity index (χ3v) is 5.30. The number of pyridine rings is 1. The topological polar surface area (TPSA) is 78.4 Å². The molecule has 0 saturated carbocycles. The molecule has 168 valence electrons. The Kier molecular flexibility index (Phi) is 5.90. The highest BCUT2D eigenvalue weighted by Crippen LogP contribution is 2.39. The van der Waals surface area contributed by atoms with E-state index >= 15 is 0 Å². The molecule has 0 amide bonds. The Bertz CT molecular complexity index is 1410. The molecule has 0 bridgehead atoms. The Morgan fingerprint density at radius 1 is 0.706 bits per heavy atom. The Morgan fingerprint density at radius 3 is 2.24 bits per heavy atom. The second-order valence-electron chi connectivity index (χ2n) is 7.43. The van der Waals surface area contributed by atoms with Crippen LogP contribution in [0.4, 0.5) is 11.5 Å². The van der Waals surface area contributed by atoms with Gasteiger partial charge in [0.25, 0.3) is 0 Å². The summed E-state index contributed by atoms with van der Waals surface area (Å²) in [6.45, 7) is 0. The zero-order chi connectivity index (χ0) is 23.3. The van der Waals surface area contributed by atoms with Gasteiger partial charge in [-0.05, 0) is 66.7 Å². The van der Waals surface area contributed by atoms with Gasteiger partial charge in [0.15, 0.2) is 17.3 Å². The predicted molar refractivity (Wildman–Crippen MR) is 132 cm³/mol. The van der Waals surface area contributed by atoms with Gasteiger partial charge < -0.3 is 19.5 Å². The van der Waals surface area contributed by atoms with Gasteiger partial charge in [-0.1, -0.05) is 18.2 Å². The molecule has 0 aliphatic heterocycles. The number of hydrogen-bond donors (Lipinski definition) is 1. The van der Waals surface area contributed by atoms with Gasteiger partial charge in [0.05, 0.1) is 19.9 Å². The highest BCUT2D eigenvalue weighted by atomic mass is 16.5. The summed E-state index contributed by atoms with van der Waals surface area (Å²) < 4.78 is 17.0. The molecule has 5 aromatic rings. The van der Waals surface area contributed by atoms with Crippen molar-refractivity contribution in [1.82, 2.24) is 15.2 Å². The first-order valence-corrected chi connectivity index (χ1v) is 10.7. The van der Waals surface area contributed by atoms with Gasteiger partial charge in [0.1, 0.15) is 17.0 Å². The summed E-state index contributed by atoms with van der Waals surface area (Å²) in [5.41, 5.74) is 3.36. The quantitative estimate of drug-likeness (QED) is 0.314. The van der Waals surface area contributed by atoms with Crippen molar-refractivity contribution in [3.63, 3.8) is 0 Å². The molecule has 3 aromatic carbocycles. The number of benzene rings is 3. The van der Waals surface area contributed by atoms with Crippen LogP contribution in [0.3, 0.4) is 0 Å². The minimum absolute atomic E-state index is 0.574. The Labute approximate surface area is 197 Å². The van der Waals surface area contributed by atoms with E-state index in [0.29, 0.717) is 34.3 Å². The van der Waals surface area contributed by atoms with Crippen molar-refractivity contribution in [2.75, 3.05) is 19.5 Å². The molecule has 1 N–H and O–H groups in total. The van der Waals surface area contributed by atoms with E-state index in [4.69, 9.17) is 14.2 Å². The highest BCUT2D eigenvalue weighted by Gasteiger charge is 2.14. The molecule has 7 heteroatoms. The van der Waals surface area contributed by atoms with Gasteiger partial charge in [-0.3, -0.25) is 4.98 Å². The fraction of sp³-hybridized carbons (Fsp3) is 0.0741. The van der Waals surface area contributed by atoms with Crippen molar-refractivity contribution in [1.29, 1.82) is 0 Å². The summed E-state index contributed by atoms with van der Waals surface area (Å²) >= 11 is 0. The maximum atomic E-state index is 6.16. The van der Waals surface area contributed by atoms with E-state index in [1.807, 2.05) is 84.9 Å². The number of aromatic nitrogens is 3. The zero-order valence-electron chi connectivity index (χ0n) is 18.7. The van der Waals surface area contributed by atoms with Crippen LogP contribution in [0.2, 0.25) is 0 Å². The number of nitrogens with one attached hydrogen (secondary N) is 1. The van der Waals surface area contributed by atoms with E-state index in [1.54, 1.807) is 20.4 Å². The molecular formula is C27H22N4O3. The largest absolute Gasteiger partial charge is 0.493 e. The second kappa shape index (κ2) is 9.46. The fourth-order valence-corrected chi connectivity index (χ4v) is 3.64. The highest BCUT2D eigenvalue weighted by molar-refractivity contribution is 5.92. The molecule has 0 unspecified atom stereocenters. The van der Waals surface area contributed by atoms with Gasteiger partial charge in [0, 0.05) is 22.8 Å². The minimum Gasteiger partial charge on any atom is -0.493 e. The molecule has 2 heterocycles. The Hall–Kier alpha value is -4.65. The van der Waals surface area contributed by atoms with Crippen LogP contribution < -0.4 is 19.5 Å². The second-order valence-corrected chi connectivity index (χ2v) is 7.43. The number of para-hydroxylation sites is 1. The average Bonchev–Trinajstić information content (AvgIpc) is 2.89. The molecule has 34 heavy (non-hydrogen) atoms. The van der Waals surface area contributed by atoms with E-state index in [9.17, 15) is 0 Å². The van der Waals surface area contributed by atoms with E-state index in [0.717, 1.165) is 22.3 Å². The molecule has 7 nitrogen and oxygen atoms in total. The summed E-state index contributed by atoms with van der Waals surface area (Å²) in [4.78, 5) is 4.44. The fourth-order valence-electron chi connectivity index (χ4n) is 3.64. The van der Waals surface area contributed by atoms with E-state index < -0.39 is 0 Å². The van der Waals surface area contributed by atoms with Crippen LogP contribution in [-0.4, -0.2) is 29.4 Å². The number of fused-ring (bicyclic) bond motifs is 1. The average molecular weight is 450 g/mol. The summed E-state index contributed by atoms with van der Waals surface area (Å²) in [6.07, 6.45) is 1.69. The normalized spacial score (nSPS) is 10.6. The Balaban J connectivity index is 1.34. The van der Waals surface area contributed by atoms with Crippen LogP contribution in [0.5, 0.6) is 23.0 Å². The maximum absolute atomic E-state index is 6.16. The van der Waals surface area contributed by atoms with Gasteiger partial charge in [-0.2, -0.15) is 0 Å². The zero-order valence-corrected chi connectivity index (χ0v) is 18.7. The van der Waals surface area contributed by atoms with Crippen molar-refractivity contribution in [3.8, 4) is 34.3 Å². The lowest BCUT2D eigenvalue weighted by atomic mass is 10.1. The van der Waals surface area contributed by atoms with Gasteiger partial charge >= 0.3 is 0 Å². The van der Waals surface area contributed by atoms with Gasteiger partial charge in [0.2, 0.25) is 0 Å². The first-order chi connectivity index (χ1) is 16.7. The van der Waals surface area contributed by atoms with Crippen LogP contribution >= 0.6 is 0 Å². The van der Waals surface area contributed by atoms with Crippen LogP contribution in [0.1, 0.15) is 0 Å². The molecule has 0 saturated heterocycles. The number of anilines is 2. The monoisotopic (exact) mass is 450 g/mol. The molecule has 0 aliphatic carbocycles. The molecule has 2 aromatic heterocycles. The smallest absolute Gasteiger partial charge is 0.187 e. The number of methoxy groups -OCH3 is 2. The maximum Gasteiger partial charge on any atom is 0.187 e. The van der Waals surface area contributed by atoms with E-state index in [1.165, 1.54) is 0 Å². The van der Waals surface area contributed by atoms with Crippen molar-refractivity contribution in [2.24, 2.45) is 0 Å². The van der Waals surface area contributed by atoms with E-state index in [2.05, 4.69) is 20.5 Å². The predicted octanol–water partition coefficient (Wildman–Crippen LogP) is 6.24. The van der Waals surface area contributed by atoms with Crippen LogP contribution in [0, 0.1) is 0 Å². The van der Waals surface area contributed by atoms with Crippen molar-refractivity contribution in [3.05, 3.63) is 91.1 Å². The number of hydrogen-bond acceptors (Lipinski definition) is 7. The van der Waals surface area contributed by atoms with Crippen LogP contribution in [-0.2, 0) is 0 Å². The third-order valence-electron chi connectivity index (χ3n) is 5.30. The van der Waals surface area contributed by atoms with E-state index in [-0.39, 0.29) is 0 Å². The minimum atomic E-state index is 0.574.